The van der Waals surface area contributed by atoms with Gasteiger partial charge in [0.1, 0.15) is 0 Å². The average Bonchev–Trinajstić information content (AvgIpc) is 2.71. The maximum absolute atomic E-state index is 8.89. The Morgan fingerprint density at radius 1 is 1.47 bits per heavy atom. The number of hydrogen-bond donors (Lipinski definition) is 2. The molecule has 0 aliphatic carbocycles. The molecule has 3 nitrogen and oxygen atoms in total. The zero-order valence-electron chi connectivity index (χ0n) is 9.62. The number of nitrogens with zero attached hydrogens (tertiary/aromatic N) is 1. The van der Waals surface area contributed by atoms with Crippen molar-refractivity contribution in [3.05, 3.63) is 12.7 Å². The van der Waals surface area contributed by atoms with Crippen molar-refractivity contribution in [3.63, 3.8) is 0 Å². The highest BCUT2D eigenvalue weighted by Gasteiger charge is 2.14. The van der Waals surface area contributed by atoms with Crippen LogP contribution in [0.15, 0.2) is 12.7 Å². The van der Waals surface area contributed by atoms with E-state index in [1.165, 1.54) is 32.4 Å². The summed E-state index contributed by atoms with van der Waals surface area (Å²) in [4.78, 5) is 2.26. The molecule has 0 aromatic rings. The molecule has 0 amide bonds. The van der Waals surface area contributed by atoms with Crippen molar-refractivity contribution < 1.29 is 5.11 Å². The molecule has 1 fully saturated rings. The van der Waals surface area contributed by atoms with Crippen molar-refractivity contribution in [2.45, 2.75) is 19.3 Å². The summed E-state index contributed by atoms with van der Waals surface area (Å²) in [6.07, 6.45) is 5.79. The van der Waals surface area contributed by atoms with Crippen LogP contribution in [0.2, 0.25) is 0 Å². The normalized spacial score (nSPS) is 21.1. The van der Waals surface area contributed by atoms with Gasteiger partial charge < -0.3 is 10.4 Å². The first-order valence-corrected chi connectivity index (χ1v) is 6.01. The van der Waals surface area contributed by atoms with Crippen LogP contribution in [0.1, 0.15) is 19.3 Å². The van der Waals surface area contributed by atoms with E-state index >= 15 is 0 Å². The van der Waals surface area contributed by atoms with E-state index in [2.05, 4.69) is 16.8 Å². The van der Waals surface area contributed by atoms with Gasteiger partial charge in [-0.3, -0.25) is 4.90 Å². The molecule has 0 aromatic heterocycles. The van der Waals surface area contributed by atoms with Gasteiger partial charge in [-0.2, -0.15) is 0 Å². The zero-order chi connectivity index (χ0) is 10.9. The maximum Gasteiger partial charge on any atom is 0.0558 e. The molecule has 0 bridgehead atoms. The van der Waals surface area contributed by atoms with E-state index in [0.29, 0.717) is 0 Å². The molecule has 1 rings (SSSR count). The number of aliphatic hydroxyl groups is 1. The predicted molar refractivity (Wildman–Crippen MR) is 63.9 cm³/mol. The molecular formula is C12H24N2O. The van der Waals surface area contributed by atoms with Crippen LogP contribution in [0.25, 0.3) is 0 Å². The molecule has 1 heterocycles. The summed E-state index contributed by atoms with van der Waals surface area (Å²) in [5.74, 6) is 0.879. The van der Waals surface area contributed by atoms with Gasteiger partial charge in [-0.15, -0.1) is 6.58 Å². The predicted octanol–water partition coefficient (Wildman–Crippen LogP) is 0.856. The molecule has 1 unspecified atom stereocenters. The van der Waals surface area contributed by atoms with Crippen LogP contribution in [0.3, 0.4) is 0 Å². The van der Waals surface area contributed by atoms with Gasteiger partial charge >= 0.3 is 0 Å². The standard InChI is InChI=1S/C12H24N2O/c1-2-7-14(9-10-15)8-3-4-12-5-6-13-11-12/h2,12-13,15H,1,3-11H2. The van der Waals surface area contributed by atoms with Crippen LogP contribution in [0.5, 0.6) is 0 Å². The van der Waals surface area contributed by atoms with E-state index in [1.54, 1.807) is 0 Å². The lowest BCUT2D eigenvalue weighted by Gasteiger charge is -2.20. The van der Waals surface area contributed by atoms with Gasteiger partial charge in [0.15, 0.2) is 0 Å². The fraction of sp³-hybridized carbons (Fsp3) is 0.833. The third kappa shape index (κ3) is 5.30. The summed E-state index contributed by atoms with van der Waals surface area (Å²) in [6.45, 7) is 9.12. The molecule has 1 atom stereocenters. The van der Waals surface area contributed by atoms with E-state index < -0.39 is 0 Å². The quantitative estimate of drug-likeness (QED) is 0.586. The number of aliphatic hydroxyl groups excluding tert-OH is 1. The molecule has 1 aliphatic heterocycles. The summed E-state index contributed by atoms with van der Waals surface area (Å²) in [5.41, 5.74) is 0. The number of nitrogens with one attached hydrogen (secondary N) is 1. The first-order valence-electron chi connectivity index (χ1n) is 6.01. The molecule has 0 aromatic carbocycles. The van der Waals surface area contributed by atoms with Crippen molar-refractivity contribution in [2.75, 3.05) is 39.3 Å². The minimum Gasteiger partial charge on any atom is -0.395 e. The monoisotopic (exact) mass is 212 g/mol. The second-order valence-corrected chi connectivity index (χ2v) is 4.31. The summed E-state index contributed by atoms with van der Waals surface area (Å²) in [5, 5.41) is 12.3. The summed E-state index contributed by atoms with van der Waals surface area (Å²) in [6, 6.07) is 0. The highest BCUT2D eigenvalue weighted by atomic mass is 16.3. The Morgan fingerprint density at radius 2 is 2.33 bits per heavy atom. The van der Waals surface area contributed by atoms with Crippen molar-refractivity contribution >= 4 is 0 Å². The van der Waals surface area contributed by atoms with Crippen LogP contribution in [0.4, 0.5) is 0 Å². The van der Waals surface area contributed by atoms with E-state index in [0.717, 1.165) is 25.6 Å². The first kappa shape index (κ1) is 12.7. The lowest BCUT2D eigenvalue weighted by molar-refractivity contribution is 0.204. The largest absolute Gasteiger partial charge is 0.395 e. The van der Waals surface area contributed by atoms with Crippen LogP contribution < -0.4 is 5.32 Å². The Hall–Kier alpha value is -0.380. The fourth-order valence-corrected chi connectivity index (χ4v) is 2.18. The molecule has 88 valence electrons. The smallest absolute Gasteiger partial charge is 0.0558 e. The van der Waals surface area contributed by atoms with Gasteiger partial charge in [0, 0.05) is 13.1 Å². The lowest BCUT2D eigenvalue weighted by atomic mass is 10.0. The summed E-state index contributed by atoms with van der Waals surface area (Å²) in [7, 11) is 0. The van der Waals surface area contributed by atoms with Crippen LogP contribution >= 0.6 is 0 Å². The molecule has 1 saturated heterocycles. The van der Waals surface area contributed by atoms with Gasteiger partial charge in [-0.25, -0.2) is 0 Å². The molecule has 0 radical (unpaired) electrons. The second kappa shape index (κ2) is 7.85. The maximum atomic E-state index is 8.89. The molecule has 0 saturated carbocycles. The number of hydrogen-bond acceptors (Lipinski definition) is 3. The number of rotatable bonds is 8. The average molecular weight is 212 g/mol. The van der Waals surface area contributed by atoms with Gasteiger partial charge in [-0.05, 0) is 44.8 Å². The van der Waals surface area contributed by atoms with Gasteiger partial charge in [-0.1, -0.05) is 6.08 Å². The van der Waals surface area contributed by atoms with Crippen LogP contribution in [0, 0.1) is 5.92 Å². The third-order valence-electron chi connectivity index (χ3n) is 3.05. The van der Waals surface area contributed by atoms with E-state index in [4.69, 9.17) is 5.11 Å². The van der Waals surface area contributed by atoms with Gasteiger partial charge in [0.05, 0.1) is 6.61 Å². The topological polar surface area (TPSA) is 35.5 Å². The first-order chi connectivity index (χ1) is 7.36. The minimum absolute atomic E-state index is 0.249. The molecule has 0 spiro atoms. The Labute approximate surface area is 93.2 Å². The van der Waals surface area contributed by atoms with Crippen molar-refractivity contribution in [2.24, 2.45) is 5.92 Å². The Bertz CT molecular complexity index is 167. The molecule has 2 N–H and O–H groups in total. The molecular weight excluding hydrogens is 188 g/mol. The Morgan fingerprint density at radius 3 is 2.93 bits per heavy atom. The second-order valence-electron chi connectivity index (χ2n) is 4.31. The summed E-state index contributed by atoms with van der Waals surface area (Å²) < 4.78 is 0. The highest BCUT2D eigenvalue weighted by molar-refractivity contribution is 4.75. The van der Waals surface area contributed by atoms with E-state index in [1.807, 2.05) is 6.08 Å². The molecule has 1 aliphatic rings. The lowest BCUT2D eigenvalue weighted by Crippen LogP contribution is -2.28. The van der Waals surface area contributed by atoms with E-state index in [-0.39, 0.29) is 6.61 Å². The van der Waals surface area contributed by atoms with Crippen molar-refractivity contribution in [3.8, 4) is 0 Å². The minimum atomic E-state index is 0.249. The summed E-state index contributed by atoms with van der Waals surface area (Å²) >= 11 is 0. The third-order valence-corrected chi connectivity index (χ3v) is 3.05. The van der Waals surface area contributed by atoms with Gasteiger partial charge in [0.25, 0.3) is 0 Å². The van der Waals surface area contributed by atoms with Gasteiger partial charge in [0.2, 0.25) is 0 Å². The van der Waals surface area contributed by atoms with E-state index in [9.17, 15) is 0 Å². The highest BCUT2D eigenvalue weighted by Crippen LogP contribution is 2.14. The Kier molecular flexibility index (Phi) is 6.64. The SMILES string of the molecule is C=CCN(CCO)CCCC1CCNC1. The van der Waals surface area contributed by atoms with Crippen LogP contribution in [-0.2, 0) is 0 Å². The van der Waals surface area contributed by atoms with Crippen LogP contribution in [-0.4, -0.2) is 49.3 Å². The zero-order valence-corrected chi connectivity index (χ0v) is 9.62. The molecule has 15 heavy (non-hydrogen) atoms. The Balaban J connectivity index is 2.06. The van der Waals surface area contributed by atoms with Crippen molar-refractivity contribution in [1.29, 1.82) is 0 Å². The van der Waals surface area contributed by atoms with Crippen molar-refractivity contribution in [1.82, 2.24) is 10.2 Å². The molecule has 3 heteroatoms. The fourth-order valence-electron chi connectivity index (χ4n) is 2.18.